The lowest BCUT2D eigenvalue weighted by molar-refractivity contribution is -0.121. The summed E-state index contributed by atoms with van der Waals surface area (Å²) >= 11 is 6.21. The lowest BCUT2D eigenvalue weighted by Gasteiger charge is -2.31. The van der Waals surface area contributed by atoms with Crippen LogP contribution < -0.4 is 10.1 Å². The number of benzene rings is 2. The van der Waals surface area contributed by atoms with E-state index >= 15 is 0 Å². The van der Waals surface area contributed by atoms with E-state index in [2.05, 4.69) is 10.3 Å². The maximum atomic E-state index is 13.1. The molecular weight excluding hydrogens is 402 g/mol. The Morgan fingerprint density at radius 2 is 1.90 bits per heavy atom. The van der Waals surface area contributed by atoms with Gasteiger partial charge in [-0.3, -0.25) is 14.6 Å². The van der Waals surface area contributed by atoms with E-state index in [-0.39, 0.29) is 17.7 Å². The van der Waals surface area contributed by atoms with Crippen LogP contribution in [-0.4, -0.2) is 41.9 Å². The molecule has 2 aromatic carbocycles. The SMILES string of the molecule is COc1ccccc1NC(=O)C1CCN(C(=O)c2cc(Cl)cc3cccnc23)CC1. The first-order chi connectivity index (χ1) is 14.6. The third-order valence-electron chi connectivity index (χ3n) is 5.42. The van der Waals surface area contributed by atoms with E-state index < -0.39 is 0 Å². The van der Waals surface area contributed by atoms with Gasteiger partial charge in [0, 0.05) is 35.6 Å². The van der Waals surface area contributed by atoms with Gasteiger partial charge in [-0.2, -0.15) is 0 Å². The second-order valence-corrected chi connectivity index (χ2v) is 7.72. The van der Waals surface area contributed by atoms with Crippen LogP contribution in [0.4, 0.5) is 5.69 Å². The lowest BCUT2D eigenvalue weighted by Crippen LogP contribution is -2.41. The fourth-order valence-electron chi connectivity index (χ4n) is 3.82. The van der Waals surface area contributed by atoms with Gasteiger partial charge in [-0.15, -0.1) is 0 Å². The van der Waals surface area contributed by atoms with Gasteiger partial charge in [0.15, 0.2) is 0 Å². The molecule has 0 unspecified atom stereocenters. The zero-order valence-corrected chi connectivity index (χ0v) is 17.4. The minimum Gasteiger partial charge on any atom is -0.495 e. The third-order valence-corrected chi connectivity index (χ3v) is 5.64. The van der Waals surface area contributed by atoms with Crippen LogP contribution in [0.1, 0.15) is 23.2 Å². The molecule has 2 heterocycles. The number of ether oxygens (including phenoxy) is 1. The smallest absolute Gasteiger partial charge is 0.256 e. The number of rotatable bonds is 4. The minimum atomic E-state index is -0.159. The molecule has 154 valence electrons. The molecule has 1 N–H and O–H groups in total. The zero-order chi connectivity index (χ0) is 21.1. The lowest BCUT2D eigenvalue weighted by atomic mass is 9.95. The Hall–Kier alpha value is -3.12. The van der Waals surface area contributed by atoms with Gasteiger partial charge in [0.25, 0.3) is 5.91 Å². The normalized spacial score (nSPS) is 14.5. The number of hydrogen-bond donors (Lipinski definition) is 1. The van der Waals surface area contributed by atoms with Crippen molar-refractivity contribution < 1.29 is 14.3 Å². The molecule has 30 heavy (non-hydrogen) atoms. The first-order valence-corrected chi connectivity index (χ1v) is 10.2. The number of anilines is 1. The summed E-state index contributed by atoms with van der Waals surface area (Å²) in [6.07, 6.45) is 2.86. The number of carbonyl (C=O) groups excluding carboxylic acids is 2. The van der Waals surface area contributed by atoms with Crippen LogP contribution in [0.25, 0.3) is 10.9 Å². The molecule has 1 saturated heterocycles. The van der Waals surface area contributed by atoms with Gasteiger partial charge < -0.3 is 15.0 Å². The number of carbonyl (C=O) groups is 2. The van der Waals surface area contributed by atoms with Gasteiger partial charge in [-0.05, 0) is 43.2 Å². The van der Waals surface area contributed by atoms with Gasteiger partial charge >= 0.3 is 0 Å². The second kappa shape index (κ2) is 8.71. The average molecular weight is 424 g/mol. The number of aromatic nitrogens is 1. The molecule has 0 aliphatic carbocycles. The fraction of sp³-hybridized carbons (Fsp3) is 0.261. The first kappa shape index (κ1) is 20.2. The van der Waals surface area contributed by atoms with Crippen molar-refractivity contribution in [1.29, 1.82) is 0 Å². The van der Waals surface area contributed by atoms with E-state index in [1.54, 1.807) is 36.4 Å². The van der Waals surface area contributed by atoms with Gasteiger partial charge in [0.05, 0.1) is 23.9 Å². The molecule has 1 aliphatic rings. The topological polar surface area (TPSA) is 71.5 Å². The van der Waals surface area contributed by atoms with Crippen molar-refractivity contribution >= 4 is 40.0 Å². The van der Waals surface area contributed by atoms with E-state index in [9.17, 15) is 9.59 Å². The predicted molar refractivity (Wildman–Crippen MR) is 117 cm³/mol. The minimum absolute atomic E-state index is 0.0542. The summed E-state index contributed by atoms with van der Waals surface area (Å²) in [5.41, 5.74) is 1.79. The molecule has 1 fully saturated rings. The molecule has 0 radical (unpaired) electrons. The summed E-state index contributed by atoms with van der Waals surface area (Å²) in [6.45, 7) is 1.01. The van der Waals surface area contributed by atoms with E-state index in [0.29, 0.717) is 53.5 Å². The van der Waals surface area contributed by atoms with Crippen LogP contribution >= 0.6 is 11.6 Å². The number of likely N-dealkylation sites (tertiary alicyclic amines) is 1. The maximum Gasteiger partial charge on any atom is 0.256 e. The summed E-state index contributed by atoms with van der Waals surface area (Å²) in [5, 5.41) is 4.28. The van der Waals surface area contributed by atoms with Gasteiger partial charge in [-0.25, -0.2) is 0 Å². The third kappa shape index (κ3) is 4.09. The molecule has 0 atom stereocenters. The molecule has 7 heteroatoms. The Kier molecular flexibility index (Phi) is 5.86. The Labute approximate surface area is 179 Å². The molecule has 3 aromatic rings. The number of para-hydroxylation sites is 2. The van der Waals surface area contributed by atoms with E-state index in [1.165, 1.54) is 0 Å². The molecule has 4 rings (SSSR count). The van der Waals surface area contributed by atoms with Crippen molar-refractivity contribution in [2.75, 3.05) is 25.5 Å². The number of methoxy groups -OCH3 is 1. The number of amides is 2. The maximum absolute atomic E-state index is 13.1. The van der Waals surface area contributed by atoms with Crippen molar-refractivity contribution in [3.63, 3.8) is 0 Å². The van der Waals surface area contributed by atoms with Crippen LogP contribution in [0.3, 0.4) is 0 Å². The first-order valence-electron chi connectivity index (χ1n) is 9.84. The second-order valence-electron chi connectivity index (χ2n) is 7.28. The van der Waals surface area contributed by atoms with Crippen molar-refractivity contribution in [3.05, 3.63) is 65.3 Å². The van der Waals surface area contributed by atoms with Gasteiger partial charge in [-0.1, -0.05) is 29.8 Å². The van der Waals surface area contributed by atoms with Gasteiger partial charge in [0.2, 0.25) is 5.91 Å². The van der Waals surface area contributed by atoms with Crippen LogP contribution in [0, 0.1) is 5.92 Å². The largest absolute Gasteiger partial charge is 0.495 e. The Balaban J connectivity index is 1.43. The number of nitrogens with zero attached hydrogens (tertiary/aromatic N) is 2. The van der Waals surface area contributed by atoms with Crippen LogP contribution in [0.2, 0.25) is 5.02 Å². The van der Waals surface area contributed by atoms with Crippen molar-refractivity contribution in [3.8, 4) is 5.75 Å². The molecule has 0 spiro atoms. The Morgan fingerprint density at radius 1 is 1.13 bits per heavy atom. The summed E-state index contributed by atoms with van der Waals surface area (Å²) in [6, 6.07) is 14.5. The highest BCUT2D eigenvalue weighted by Crippen LogP contribution is 2.28. The van der Waals surface area contributed by atoms with Crippen molar-refractivity contribution in [1.82, 2.24) is 9.88 Å². The number of nitrogens with one attached hydrogen (secondary N) is 1. The Bertz CT molecular complexity index is 1090. The standard InChI is InChI=1S/C23H22ClN3O3/c1-30-20-7-3-2-6-19(20)26-22(28)15-8-11-27(12-9-15)23(29)18-14-17(24)13-16-5-4-10-25-21(16)18/h2-7,10,13-15H,8-9,11-12H2,1H3,(H,26,28). The highest BCUT2D eigenvalue weighted by Gasteiger charge is 2.29. The summed E-state index contributed by atoms with van der Waals surface area (Å²) in [5.74, 6) is 0.304. The van der Waals surface area contributed by atoms with E-state index in [0.717, 1.165) is 5.39 Å². The number of halogens is 1. The zero-order valence-electron chi connectivity index (χ0n) is 16.6. The summed E-state index contributed by atoms with van der Waals surface area (Å²) in [4.78, 5) is 32.0. The highest BCUT2D eigenvalue weighted by molar-refractivity contribution is 6.32. The van der Waals surface area contributed by atoms with Crippen LogP contribution in [-0.2, 0) is 4.79 Å². The summed E-state index contributed by atoms with van der Waals surface area (Å²) < 4.78 is 5.29. The van der Waals surface area contributed by atoms with Crippen LogP contribution in [0.15, 0.2) is 54.7 Å². The molecule has 1 aromatic heterocycles. The number of piperidine rings is 1. The molecule has 6 nitrogen and oxygen atoms in total. The summed E-state index contributed by atoms with van der Waals surface area (Å²) in [7, 11) is 1.57. The monoisotopic (exact) mass is 423 g/mol. The average Bonchev–Trinajstić information content (AvgIpc) is 2.78. The number of hydrogen-bond acceptors (Lipinski definition) is 4. The highest BCUT2D eigenvalue weighted by atomic mass is 35.5. The molecule has 2 amide bonds. The van der Waals surface area contributed by atoms with Crippen LogP contribution in [0.5, 0.6) is 5.75 Å². The number of fused-ring (bicyclic) bond motifs is 1. The van der Waals surface area contributed by atoms with E-state index in [4.69, 9.17) is 16.3 Å². The van der Waals surface area contributed by atoms with Gasteiger partial charge in [0.1, 0.15) is 5.75 Å². The molecule has 1 aliphatic heterocycles. The van der Waals surface area contributed by atoms with E-state index in [1.807, 2.05) is 30.3 Å². The Morgan fingerprint density at radius 3 is 2.67 bits per heavy atom. The predicted octanol–water partition coefficient (Wildman–Crippen LogP) is 4.39. The molecule has 0 saturated carbocycles. The number of pyridine rings is 1. The fourth-order valence-corrected chi connectivity index (χ4v) is 4.04. The van der Waals surface area contributed by atoms with Crippen molar-refractivity contribution in [2.45, 2.75) is 12.8 Å². The molecule has 0 bridgehead atoms. The quantitative estimate of drug-likeness (QED) is 0.675. The molecular formula is C23H22ClN3O3. The van der Waals surface area contributed by atoms with Crippen molar-refractivity contribution in [2.24, 2.45) is 5.92 Å².